The highest BCUT2D eigenvalue weighted by atomic mass is 16.6. The topological polar surface area (TPSA) is 63.5 Å². The molecular formula is C23H28N2O4. The summed E-state index contributed by atoms with van der Waals surface area (Å²) in [4.78, 5) is 2.52. The predicted molar refractivity (Wildman–Crippen MR) is 108 cm³/mol. The van der Waals surface area contributed by atoms with Crippen molar-refractivity contribution in [3.8, 4) is 11.5 Å². The van der Waals surface area contributed by atoms with Crippen LogP contribution in [0.4, 0.5) is 0 Å². The van der Waals surface area contributed by atoms with Crippen molar-refractivity contribution in [2.45, 2.75) is 49.3 Å². The first kappa shape index (κ1) is 17.8. The molecule has 1 aromatic rings. The summed E-state index contributed by atoms with van der Waals surface area (Å²) in [6, 6.07) is 4.66. The van der Waals surface area contributed by atoms with Crippen molar-refractivity contribution >= 4 is 5.71 Å². The van der Waals surface area contributed by atoms with Crippen LogP contribution in [0.25, 0.3) is 0 Å². The minimum absolute atomic E-state index is 0.0310. The van der Waals surface area contributed by atoms with E-state index in [0.717, 1.165) is 37.3 Å². The molecule has 7 rings (SSSR count). The Balaban J connectivity index is 1.70. The first-order valence-electron chi connectivity index (χ1n) is 10.5. The molecule has 29 heavy (non-hydrogen) atoms. The molecule has 0 unspecified atom stereocenters. The molecule has 6 atom stereocenters. The lowest BCUT2D eigenvalue weighted by Gasteiger charge is -2.71. The summed E-state index contributed by atoms with van der Waals surface area (Å²) < 4.78 is 18.8. The van der Waals surface area contributed by atoms with E-state index in [1.165, 1.54) is 11.1 Å². The summed E-state index contributed by atoms with van der Waals surface area (Å²) in [5.41, 5.74) is 2.56. The van der Waals surface area contributed by atoms with Crippen LogP contribution in [0.1, 0.15) is 30.9 Å². The van der Waals surface area contributed by atoms with E-state index in [0.29, 0.717) is 11.8 Å². The first-order chi connectivity index (χ1) is 14.0. The van der Waals surface area contributed by atoms with E-state index in [9.17, 15) is 5.21 Å². The summed E-state index contributed by atoms with van der Waals surface area (Å²) in [5, 5.41) is 13.3. The van der Waals surface area contributed by atoms with Gasteiger partial charge in [0.15, 0.2) is 11.5 Å². The summed E-state index contributed by atoms with van der Waals surface area (Å²) in [6.45, 7) is 2.94. The Morgan fingerprint density at radius 1 is 1.31 bits per heavy atom. The third kappa shape index (κ3) is 1.65. The van der Waals surface area contributed by atoms with Gasteiger partial charge in [-0.25, -0.2) is 0 Å². The van der Waals surface area contributed by atoms with Crippen molar-refractivity contribution in [3.05, 3.63) is 35.4 Å². The number of methoxy groups -OCH3 is 2. The second-order valence-corrected chi connectivity index (χ2v) is 9.48. The van der Waals surface area contributed by atoms with Gasteiger partial charge in [0.25, 0.3) is 0 Å². The van der Waals surface area contributed by atoms with E-state index in [-0.39, 0.29) is 22.9 Å². The summed E-state index contributed by atoms with van der Waals surface area (Å²) in [5.74, 6) is 1.66. The minimum Gasteiger partial charge on any atom is -0.493 e. The van der Waals surface area contributed by atoms with E-state index in [1.54, 1.807) is 14.2 Å². The average molecular weight is 396 g/mol. The Labute approximate surface area is 171 Å². The Hall–Kier alpha value is -2.05. The van der Waals surface area contributed by atoms with Gasteiger partial charge in [-0.15, -0.1) is 0 Å². The molecule has 1 saturated heterocycles. The number of nitrogens with zero attached hydrogens (tertiary/aromatic N) is 2. The van der Waals surface area contributed by atoms with Crippen molar-refractivity contribution in [2.75, 3.05) is 27.8 Å². The molecule has 4 bridgehead atoms. The van der Waals surface area contributed by atoms with Crippen LogP contribution in [0.15, 0.2) is 29.4 Å². The van der Waals surface area contributed by atoms with Crippen LogP contribution >= 0.6 is 0 Å². The number of piperidine rings is 1. The molecule has 154 valence electrons. The second-order valence-electron chi connectivity index (χ2n) is 9.48. The number of likely N-dealkylation sites (N-methyl/N-ethyl adjacent to an activating group) is 1. The lowest BCUT2D eigenvalue weighted by Crippen LogP contribution is -2.79. The van der Waals surface area contributed by atoms with Crippen molar-refractivity contribution in [1.82, 2.24) is 4.90 Å². The van der Waals surface area contributed by atoms with Crippen LogP contribution in [-0.4, -0.2) is 61.4 Å². The molecule has 1 saturated carbocycles. The van der Waals surface area contributed by atoms with E-state index < -0.39 is 5.60 Å². The van der Waals surface area contributed by atoms with Crippen LogP contribution in [-0.2, 0) is 16.6 Å². The van der Waals surface area contributed by atoms with Gasteiger partial charge in [-0.2, -0.15) is 0 Å². The van der Waals surface area contributed by atoms with Gasteiger partial charge in [0.2, 0.25) is 0 Å². The zero-order valence-corrected chi connectivity index (χ0v) is 17.4. The van der Waals surface area contributed by atoms with Crippen molar-refractivity contribution < 1.29 is 19.4 Å². The van der Waals surface area contributed by atoms with Crippen LogP contribution in [0.2, 0.25) is 0 Å². The molecule has 0 aromatic heterocycles. The van der Waals surface area contributed by atoms with Crippen molar-refractivity contribution in [3.63, 3.8) is 0 Å². The fourth-order valence-electron chi connectivity index (χ4n) is 7.75. The second kappa shape index (κ2) is 5.35. The number of rotatable bonds is 3. The lowest BCUT2D eigenvalue weighted by molar-refractivity contribution is -0.201. The number of fused-ring (bicyclic) bond motifs is 1. The number of hydrogen-bond acceptors (Lipinski definition) is 6. The molecule has 2 aliphatic heterocycles. The molecular weight excluding hydrogens is 368 g/mol. The van der Waals surface area contributed by atoms with Crippen LogP contribution in [0.3, 0.4) is 0 Å². The van der Waals surface area contributed by atoms with Gasteiger partial charge in [-0.3, -0.25) is 0 Å². The molecule has 0 radical (unpaired) electrons. The number of likely N-dealkylation sites (tertiary alicyclic amines) is 1. The number of ether oxygens (including phenoxy) is 3. The number of oxime groups is 1. The van der Waals surface area contributed by atoms with Crippen molar-refractivity contribution in [1.29, 1.82) is 0 Å². The maximum atomic E-state index is 9.68. The van der Waals surface area contributed by atoms with Gasteiger partial charge in [-0.1, -0.05) is 23.4 Å². The monoisotopic (exact) mass is 396 g/mol. The Morgan fingerprint density at radius 3 is 2.86 bits per heavy atom. The lowest BCUT2D eigenvalue weighted by atomic mass is 9.37. The van der Waals surface area contributed by atoms with Crippen LogP contribution in [0, 0.1) is 11.3 Å². The highest BCUT2D eigenvalue weighted by Gasteiger charge is 2.79. The molecule has 6 aliphatic rings. The fraction of sp³-hybridized carbons (Fsp3) is 0.609. The fourth-order valence-corrected chi connectivity index (χ4v) is 7.75. The molecule has 1 aromatic carbocycles. The Kier molecular flexibility index (Phi) is 3.28. The van der Waals surface area contributed by atoms with Crippen LogP contribution in [0.5, 0.6) is 11.5 Å². The van der Waals surface area contributed by atoms with Gasteiger partial charge >= 0.3 is 0 Å². The standard InChI is InChI=1S/C23H28N2O4/c1-13(24-26)15-12-21-7-8-23(15,28-4)20-22(21)9-10-25(2)17(21)11-14-5-6-16(27-3)19(29-20)18(14)22/h5-8,15,17,20,26H,9-12H2,1-4H3/b24-13-/t15-,17-,20-,21-,22+,23-/m1/s1. The molecule has 6 nitrogen and oxygen atoms in total. The first-order valence-corrected chi connectivity index (χ1v) is 10.5. The predicted octanol–water partition coefficient (Wildman–Crippen LogP) is 2.77. The van der Waals surface area contributed by atoms with Crippen molar-refractivity contribution in [2.24, 2.45) is 16.5 Å². The molecule has 0 amide bonds. The third-order valence-electron chi connectivity index (χ3n) is 8.94. The highest BCUT2D eigenvalue weighted by Crippen LogP contribution is 2.74. The van der Waals surface area contributed by atoms with Gasteiger partial charge in [0.05, 0.1) is 18.2 Å². The molecule has 2 spiro atoms. The normalized spacial score (nSPS) is 43.9. The Bertz CT molecular complexity index is 974. The molecule has 1 N–H and O–H groups in total. The third-order valence-corrected chi connectivity index (χ3v) is 8.94. The molecule has 2 heterocycles. The van der Waals surface area contributed by atoms with E-state index >= 15 is 0 Å². The highest BCUT2D eigenvalue weighted by molar-refractivity contribution is 5.87. The van der Waals surface area contributed by atoms with Gasteiger partial charge in [0.1, 0.15) is 11.7 Å². The van der Waals surface area contributed by atoms with Crippen LogP contribution < -0.4 is 9.47 Å². The molecule has 2 fully saturated rings. The zero-order valence-electron chi connectivity index (χ0n) is 17.4. The van der Waals surface area contributed by atoms with Gasteiger partial charge in [-0.05, 0) is 51.4 Å². The average Bonchev–Trinajstić information content (AvgIpc) is 3.12. The molecule has 6 heteroatoms. The number of benzene rings is 1. The van der Waals surface area contributed by atoms with E-state index in [1.807, 2.05) is 13.0 Å². The summed E-state index contributed by atoms with van der Waals surface area (Å²) in [6.07, 6.45) is 7.39. The quantitative estimate of drug-likeness (QED) is 0.368. The minimum atomic E-state index is -0.656. The largest absolute Gasteiger partial charge is 0.493 e. The maximum absolute atomic E-state index is 9.68. The zero-order chi connectivity index (χ0) is 20.2. The molecule has 4 aliphatic carbocycles. The SMILES string of the molecule is COc1ccc2c3c1O[C@H]1[C@@]4(OC)C=C[C@@]5(C[C@@H]4/C(C)=N\O)[C@@H](C2)N(C)CC[C@]315. The maximum Gasteiger partial charge on any atom is 0.166 e. The van der Waals surface area contributed by atoms with Gasteiger partial charge < -0.3 is 24.3 Å². The Morgan fingerprint density at radius 2 is 2.14 bits per heavy atom. The van der Waals surface area contributed by atoms with E-state index in [4.69, 9.17) is 14.2 Å². The van der Waals surface area contributed by atoms with E-state index in [2.05, 4.69) is 35.3 Å². The van der Waals surface area contributed by atoms with Gasteiger partial charge in [0, 0.05) is 30.0 Å². The smallest absolute Gasteiger partial charge is 0.166 e. The summed E-state index contributed by atoms with van der Waals surface area (Å²) >= 11 is 0. The summed E-state index contributed by atoms with van der Waals surface area (Å²) in [7, 11) is 5.72. The number of hydrogen-bond donors (Lipinski definition) is 1.